The van der Waals surface area contributed by atoms with Gasteiger partial charge in [0.2, 0.25) is 0 Å². The van der Waals surface area contributed by atoms with Gasteiger partial charge in [-0.15, -0.1) is 0 Å². The smallest absolute Gasteiger partial charge is 0.0732 e. The normalized spacial score (nSPS) is 30.6. The molecule has 3 aliphatic heterocycles. The van der Waals surface area contributed by atoms with Crippen LogP contribution in [0.4, 0.5) is 0 Å². The summed E-state index contributed by atoms with van der Waals surface area (Å²) in [6.45, 7) is 7.17. The monoisotopic (exact) mass is 168 g/mol. The van der Waals surface area contributed by atoms with Crippen LogP contribution in [0.2, 0.25) is 0 Å². The molecule has 0 aliphatic carbocycles. The highest BCUT2D eigenvalue weighted by Gasteiger charge is 2.32. The van der Waals surface area contributed by atoms with Gasteiger partial charge in [-0.2, -0.15) is 0 Å². The number of hydrogen-bond acceptors (Lipinski definition) is 3. The maximum absolute atomic E-state index is 9.49. The summed E-state index contributed by atoms with van der Waals surface area (Å²) in [5, 5.41) is 9.49. The van der Waals surface area contributed by atoms with E-state index in [2.05, 4.69) is 22.9 Å². The zero-order valence-corrected chi connectivity index (χ0v) is 7.70. The van der Waals surface area contributed by atoms with Crippen molar-refractivity contribution in [3.63, 3.8) is 0 Å². The Balaban J connectivity index is 2.17. The molecule has 2 atom stereocenters. The quantitative estimate of drug-likeness (QED) is 0.607. The zero-order valence-electron chi connectivity index (χ0n) is 7.70. The number of hydrogen-bond donors (Lipinski definition) is 1. The predicted molar refractivity (Wildman–Crippen MR) is 47.5 cm³/mol. The van der Waals surface area contributed by atoms with Crippen molar-refractivity contribution in [2.75, 3.05) is 19.6 Å². The number of fused-ring (bicyclic) bond motifs is 2. The molecule has 3 rings (SSSR count). The van der Waals surface area contributed by atoms with Gasteiger partial charge in [-0.1, -0.05) is 0 Å². The minimum atomic E-state index is -0.225. The second-order valence-corrected chi connectivity index (χ2v) is 3.76. The number of rotatable bonds is 1. The molecule has 0 aromatic carbocycles. The van der Waals surface area contributed by atoms with E-state index in [4.69, 9.17) is 0 Å². The average Bonchev–Trinajstić information content (AvgIpc) is 2.04. The summed E-state index contributed by atoms with van der Waals surface area (Å²) in [4.78, 5) is 4.61. The average molecular weight is 168 g/mol. The molecular weight excluding hydrogens is 152 g/mol. The summed E-state index contributed by atoms with van der Waals surface area (Å²) in [6.07, 6.45) is 1.93. The van der Waals surface area contributed by atoms with Gasteiger partial charge in [-0.3, -0.25) is 0 Å². The van der Waals surface area contributed by atoms with Crippen LogP contribution < -0.4 is 0 Å². The van der Waals surface area contributed by atoms with Crippen LogP contribution in [-0.4, -0.2) is 46.7 Å². The molecule has 0 saturated carbocycles. The van der Waals surface area contributed by atoms with Crippen molar-refractivity contribution in [1.29, 1.82) is 0 Å². The Labute approximate surface area is 73.3 Å². The fourth-order valence-electron chi connectivity index (χ4n) is 2.06. The number of piperazine rings is 1. The molecule has 2 unspecified atom stereocenters. The van der Waals surface area contributed by atoms with Crippen molar-refractivity contribution in [2.24, 2.45) is 0 Å². The SMILES string of the molecule is CC1=CN2CCN1CC2C(C)O. The molecule has 3 heterocycles. The standard InChI is InChI=1S/C9H16N2O/c1-7-5-11-4-3-10(7)6-9(11)8(2)12/h5,8-9,12H,3-4,6H2,1-2H3. The van der Waals surface area contributed by atoms with Crippen LogP contribution in [-0.2, 0) is 0 Å². The van der Waals surface area contributed by atoms with Gasteiger partial charge in [0.05, 0.1) is 12.1 Å². The molecule has 1 N–H and O–H groups in total. The number of nitrogens with zero attached hydrogens (tertiary/aromatic N) is 2. The lowest BCUT2D eigenvalue weighted by molar-refractivity contribution is 0.0199. The fraction of sp³-hybridized carbons (Fsp3) is 0.778. The second kappa shape index (κ2) is 2.66. The van der Waals surface area contributed by atoms with E-state index in [1.54, 1.807) is 0 Å². The molecule has 0 aromatic rings. The van der Waals surface area contributed by atoms with E-state index in [1.165, 1.54) is 5.70 Å². The van der Waals surface area contributed by atoms with E-state index in [9.17, 15) is 5.11 Å². The Morgan fingerprint density at radius 1 is 1.58 bits per heavy atom. The molecule has 0 aromatic heterocycles. The van der Waals surface area contributed by atoms with Gasteiger partial charge in [0.15, 0.2) is 0 Å². The van der Waals surface area contributed by atoms with Crippen molar-refractivity contribution in [1.82, 2.24) is 9.80 Å². The highest BCUT2D eigenvalue weighted by Crippen LogP contribution is 2.23. The van der Waals surface area contributed by atoms with Crippen LogP contribution in [0.3, 0.4) is 0 Å². The lowest BCUT2D eigenvalue weighted by Gasteiger charge is -2.48. The van der Waals surface area contributed by atoms with Gasteiger partial charge >= 0.3 is 0 Å². The summed E-state index contributed by atoms with van der Waals surface area (Å²) in [5.74, 6) is 0. The van der Waals surface area contributed by atoms with Crippen LogP contribution in [0.1, 0.15) is 13.8 Å². The molecule has 2 bridgehead atoms. The largest absolute Gasteiger partial charge is 0.391 e. The van der Waals surface area contributed by atoms with Gasteiger partial charge in [0.1, 0.15) is 0 Å². The van der Waals surface area contributed by atoms with Crippen molar-refractivity contribution in [2.45, 2.75) is 26.0 Å². The summed E-state index contributed by atoms with van der Waals surface area (Å²) >= 11 is 0. The second-order valence-electron chi connectivity index (χ2n) is 3.76. The van der Waals surface area contributed by atoms with Crippen LogP contribution in [0.15, 0.2) is 11.9 Å². The third-order valence-corrected chi connectivity index (χ3v) is 2.87. The Morgan fingerprint density at radius 2 is 2.33 bits per heavy atom. The molecule has 3 heteroatoms. The molecular formula is C9H16N2O. The van der Waals surface area contributed by atoms with E-state index in [0.717, 1.165) is 19.6 Å². The molecule has 1 fully saturated rings. The van der Waals surface area contributed by atoms with E-state index in [-0.39, 0.29) is 6.10 Å². The van der Waals surface area contributed by atoms with Gasteiger partial charge in [-0.05, 0) is 13.8 Å². The Hall–Kier alpha value is -0.700. The predicted octanol–water partition coefficient (Wildman–Crippen LogP) is 0.228. The van der Waals surface area contributed by atoms with E-state index in [1.807, 2.05) is 6.92 Å². The molecule has 0 spiro atoms. The first-order chi connectivity index (χ1) is 5.68. The van der Waals surface area contributed by atoms with E-state index in [0.29, 0.717) is 6.04 Å². The molecule has 68 valence electrons. The minimum absolute atomic E-state index is 0.225. The van der Waals surface area contributed by atoms with Crippen LogP contribution >= 0.6 is 0 Å². The van der Waals surface area contributed by atoms with Crippen LogP contribution in [0.25, 0.3) is 0 Å². The highest BCUT2D eigenvalue weighted by atomic mass is 16.3. The lowest BCUT2D eigenvalue weighted by Crippen LogP contribution is -2.58. The summed E-state index contributed by atoms with van der Waals surface area (Å²) in [7, 11) is 0. The third-order valence-electron chi connectivity index (χ3n) is 2.87. The van der Waals surface area contributed by atoms with Crippen LogP contribution in [0, 0.1) is 0 Å². The van der Waals surface area contributed by atoms with Crippen molar-refractivity contribution >= 4 is 0 Å². The first-order valence-corrected chi connectivity index (χ1v) is 4.55. The minimum Gasteiger partial charge on any atom is -0.391 e. The fourth-order valence-corrected chi connectivity index (χ4v) is 2.06. The highest BCUT2D eigenvalue weighted by molar-refractivity contribution is 5.09. The number of allylic oxidation sites excluding steroid dienone is 1. The third kappa shape index (κ3) is 1.08. The lowest BCUT2D eigenvalue weighted by atomic mass is 10.0. The van der Waals surface area contributed by atoms with Crippen molar-refractivity contribution in [3.8, 4) is 0 Å². The first-order valence-electron chi connectivity index (χ1n) is 4.55. The maximum atomic E-state index is 9.49. The molecule has 1 saturated heterocycles. The van der Waals surface area contributed by atoms with Crippen molar-refractivity contribution in [3.05, 3.63) is 11.9 Å². The summed E-state index contributed by atoms with van der Waals surface area (Å²) in [5.41, 5.74) is 1.33. The first kappa shape index (κ1) is 7.92. The summed E-state index contributed by atoms with van der Waals surface area (Å²) < 4.78 is 0. The van der Waals surface area contributed by atoms with Gasteiger partial charge in [0, 0.05) is 31.5 Å². The Morgan fingerprint density at radius 3 is 2.75 bits per heavy atom. The van der Waals surface area contributed by atoms with Crippen LogP contribution in [0.5, 0.6) is 0 Å². The Bertz CT molecular complexity index is 213. The topological polar surface area (TPSA) is 26.7 Å². The molecule has 3 aliphatic rings. The van der Waals surface area contributed by atoms with Gasteiger partial charge in [0.25, 0.3) is 0 Å². The molecule has 0 amide bonds. The number of aliphatic hydroxyl groups excluding tert-OH is 1. The number of aliphatic hydroxyl groups is 1. The molecule has 0 radical (unpaired) electrons. The van der Waals surface area contributed by atoms with Gasteiger partial charge in [-0.25, -0.2) is 0 Å². The Kier molecular flexibility index (Phi) is 1.76. The van der Waals surface area contributed by atoms with E-state index >= 15 is 0 Å². The van der Waals surface area contributed by atoms with Crippen molar-refractivity contribution < 1.29 is 5.11 Å². The van der Waals surface area contributed by atoms with E-state index < -0.39 is 0 Å². The molecule has 12 heavy (non-hydrogen) atoms. The zero-order chi connectivity index (χ0) is 8.72. The summed E-state index contributed by atoms with van der Waals surface area (Å²) in [6, 6.07) is 0.308. The maximum Gasteiger partial charge on any atom is 0.0732 e. The van der Waals surface area contributed by atoms with Gasteiger partial charge < -0.3 is 14.9 Å². The molecule has 3 nitrogen and oxygen atoms in total.